The highest BCUT2D eigenvalue weighted by molar-refractivity contribution is 5.94. The van der Waals surface area contributed by atoms with E-state index >= 15 is 0 Å². The average Bonchev–Trinajstić information content (AvgIpc) is 3.30. The van der Waals surface area contributed by atoms with Gasteiger partial charge in [0.1, 0.15) is 5.75 Å². The molecule has 1 aliphatic heterocycles. The van der Waals surface area contributed by atoms with Crippen LogP contribution in [0.1, 0.15) is 58.8 Å². The van der Waals surface area contributed by atoms with E-state index in [4.69, 9.17) is 4.74 Å². The Hall–Kier alpha value is -3.13. The molecule has 1 spiro atoms. The lowest BCUT2D eigenvalue weighted by atomic mass is 9.59. The molecular weight excluding hydrogens is 452 g/mol. The number of nitrogens with one attached hydrogen (secondary N) is 2. The van der Waals surface area contributed by atoms with Gasteiger partial charge in [-0.1, -0.05) is 6.07 Å². The Morgan fingerprint density at radius 1 is 1.29 bits per heavy atom. The Balaban J connectivity index is 1.54. The summed E-state index contributed by atoms with van der Waals surface area (Å²) in [6.07, 6.45) is 3.10. The number of likely N-dealkylation sites (tertiary alicyclic amines) is 1. The number of methoxy groups -OCH3 is 1. The molecule has 1 unspecified atom stereocenters. The first-order valence-electron chi connectivity index (χ1n) is 12.0. The highest BCUT2D eigenvalue weighted by Gasteiger charge is 2.58. The van der Waals surface area contributed by atoms with Crippen LogP contribution in [0.15, 0.2) is 36.5 Å². The number of anilines is 1. The van der Waals surface area contributed by atoms with Gasteiger partial charge >= 0.3 is 5.97 Å². The van der Waals surface area contributed by atoms with Gasteiger partial charge in [0.2, 0.25) is 5.92 Å². The molecule has 1 aromatic heterocycles. The lowest BCUT2D eigenvalue weighted by molar-refractivity contribution is -0.186. The van der Waals surface area contributed by atoms with Crippen LogP contribution in [0.3, 0.4) is 0 Å². The highest BCUT2D eigenvalue weighted by atomic mass is 19.3. The smallest absolute Gasteiger partial charge is 0.337 e. The monoisotopic (exact) mass is 483 g/mol. The standard InChI is InChI=1S/C27H31F2N3O3/c1-16-10-23(35-3)20(18-6-8-31-24(16)18)13-32-9-7-26(14-27(28,29)15-26)12-22(32)17-4-5-19(25(33)34)21(11-17)30-2/h4-6,8,10-11,22,30-31H,7,9,12-15H2,1-3H3,(H,33,34). The van der Waals surface area contributed by atoms with E-state index in [0.717, 1.165) is 39.8 Å². The molecule has 2 heterocycles. The number of hydrogen-bond acceptors (Lipinski definition) is 4. The molecule has 8 heteroatoms. The van der Waals surface area contributed by atoms with E-state index in [0.29, 0.717) is 25.2 Å². The van der Waals surface area contributed by atoms with Crippen molar-refractivity contribution >= 4 is 22.6 Å². The number of alkyl halides is 2. The molecule has 6 nitrogen and oxygen atoms in total. The normalized spacial score (nSPS) is 21.1. The van der Waals surface area contributed by atoms with Gasteiger partial charge < -0.3 is 20.1 Å². The first-order chi connectivity index (χ1) is 16.6. The molecule has 0 amide bonds. The van der Waals surface area contributed by atoms with Crippen molar-refractivity contribution in [3.63, 3.8) is 0 Å². The number of piperidine rings is 1. The van der Waals surface area contributed by atoms with Crippen molar-refractivity contribution in [2.45, 2.75) is 51.1 Å². The predicted molar refractivity (Wildman–Crippen MR) is 132 cm³/mol. The molecule has 3 N–H and O–H groups in total. The zero-order valence-corrected chi connectivity index (χ0v) is 20.3. The second-order valence-electron chi connectivity index (χ2n) is 10.2. The molecular formula is C27H31F2N3O3. The number of benzene rings is 2. The fourth-order valence-electron chi connectivity index (χ4n) is 6.21. The lowest BCUT2D eigenvalue weighted by Gasteiger charge is -2.54. The van der Waals surface area contributed by atoms with Gasteiger partial charge in [-0.3, -0.25) is 4.90 Å². The number of rotatable bonds is 6. The summed E-state index contributed by atoms with van der Waals surface area (Å²) >= 11 is 0. The van der Waals surface area contributed by atoms with Crippen LogP contribution in [-0.2, 0) is 6.54 Å². The van der Waals surface area contributed by atoms with Gasteiger partial charge in [0.05, 0.1) is 12.7 Å². The molecule has 186 valence electrons. The zero-order valence-electron chi connectivity index (χ0n) is 20.3. The molecule has 2 aromatic carbocycles. The third-order valence-electron chi connectivity index (χ3n) is 7.88. The van der Waals surface area contributed by atoms with Crippen molar-refractivity contribution in [1.29, 1.82) is 0 Å². The van der Waals surface area contributed by atoms with Crippen molar-refractivity contribution in [2.75, 3.05) is 26.0 Å². The number of halogens is 2. The summed E-state index contributed by atoms with van der Waals surface area (Å²) in [6.45, 7) is 3.32. The van der Waals surface area contributed by atoms with Crippen molar-refractivity contribution < 1.29 is 23.4 Å². The maximum Gasteiger partial charge on any atom is 0.337 e. The summed E-state index contributed by atoms with van der Waals surface area (Å²) in [5.74, 6) is -2.79. The minimum atomic E-state index is -2.59. The number of aryl methyl sites for hydroxylation is 1. The van der Waals surface area contributed by atoms with Crippen molar-refractivity contribution in [3.8, 4) is 5.75 Å². The molecule has 2 fully saturated rings. The summed E-state index contributed by atoms with van der Waals surface area (Å²) in [5, 5.41) is 13.6. The van der Waals surface area contributed by atoms with Crippen LogP contribution in [-0.4, -0.2) is 47.6 Å². The van der Waals surface area contributed by atoms with Crippen molar-refractivity contribution in [3.05, 3.63) is 58.8 Å². The van der Waals surface area contributed by atoms with Crippen molar-refractivity contribution in [2.24, 2.45) is 5.41 Å². The molecule has 1 atom stereocenters. The number of nitrogens with zero attached hydrogens (tertiary/aromatic N) is 1. The van der Waals surface area contributed by atoms with Crippen LogP contribution < -0.4 is 10.1 Å². The number of carboxylic acid groups (broad SMARTS) is 1. The van der Waals surface area contributed by atoms with Crippen LogP contribution >= 0.6 is 0 Å². The van der Waals surface area contributed by atoms with Gasteiger partial charge in [-0.25, -0.2) is 13.6 Å². The first-order valence-corrected chi connectivity index (χ1v) is 12.0. The molecule has 1 aliphatic carbocycles. The number of aromatic carboxylic acids is 1. The number of hydrogen-bond donors (Lipinski definition) is 3. The summed E-state index contributed by atoms with van der Waals surface area (Å²) in [4.78, 5) is 17.3. The summed E-state index contributed by atoms with van der Waals surface area (Å²) < 4.78 is 33.7. The third-order valence-corrected chi connectivity index (χ3v) is 7.88. The van der Waals surface area contributed by atoms with Crippen molar-refractivity contribution in [1.82, 2.24) is 9.88 Å². The van der Waals surface area contributed by atoms with Crippen LogP contribution in [0.5, 0.6) is 5.75 Å². The number of aromatic amines is 1. The Morgan fingerprint density at radius 3 is 2.71 bits per heavy atom. The van der Waals surface area contributed by atoms with Crippen LogP contribution in [0.25, 0.3) is 10.9 Å². The molecule has 2 aliphatic rings. The van der Waals surface area contributed by atoms with Gasteiger partial charge in [-0.15, -0.1) is 0 Å². The number of carboxylic acids is 1. The second-order valence-corrected chi connectivity index (χ2v) is 10.2. The first kappa shape index (κ1) is 23.6. The maximum absolute atomic E-state index is 14.0. The second kappa shape index (κ2) is 8.52. The van der Waals surface area contributed by atoms with Crippen LogP contribution in [0.2, 0.25) is 0 Å². The summed E-state index contributed by atoms with van der Waals surface area (Å²) in [5.41, 5.74) is 4.49. The van der Waals surface area contributed by atoms with Crippen LogP contribution in [0.4, 0.5) is 14.5 Å². The van der Waals surface area contributed by atoms with E-state index in [1.165, 1.54) is 0 Å². The van der Waals surface area contributed by atoms with E-state index in [1.54, 1.807) is 20.2 Å². The number of H-pyrrole nitrogens is 1. The summed E-state index contributed by atoms with van der Waals surface area (Å²) in [7, 11) is 3.36. The predicted octanol–water partition coefficient (Wildman–Crippen LogP) is 5.98. The average molecular weight is 484 g/mol. The Kier molecular flexibility index (Phi) is 5.74. The Labute approximate surface area is 203 Å². The summed E-state index contributed by atoms with van der Waals surface area (Å²) in [6, 6.07) is 9.26. The molecule has 1 saturated carbocycles. The molecule has 0 bridgehead atoms. The zero-order chi connectivity index (χ0) is 25.0. The molecule has 1 saturated heterocycles. The minimum absolute atomic E-state index is 0.0770. The third kappa shape index (κ3) is 4.14. The molecule has 5 rings (SSSR count). The van der Waals surface area contributed by atoms with Gasteiger partial charge in [-0.05, 0) is 67.1 Å². The molecule has 35 heavy (non-hydrogen) atoms. The number of aromatic nitrogens is 1. The van der Waals surface area contributed by atoms with E-state index < -0.39 is 11.9 Å². The van der Waals surface area contributed by atoms with E-state index in [1.807, 2.05) is 37.4 Å². The van der Waals surface area contributed by atoms with Gasteiger partial charge in [-0.2, -0.15) is 0 Å². The number of ether oxygens (including phenoxy) is 1. The molecule has 3 aromatic rings. The minimum Gasteiger partial charge on any atom is -0.496 e. The largest absolute Gasteiger partial charge is 0.496 e. The SMILES string of the molecule is CNc1cc(C2CC3(CCN2Cc2c(OC)cc(C)c4[nH]ccc24)CC(F)(F)C3)ccc1C(=O)O. The van der Waals surface area contributed by atoms with Crippen LogP contribution in [0, 0.1) is 12.3 Å². The maximum atomic E-state index is 14.0. The van der Waals surface area contributed by atoms with Gasteiger partial charge in [0.25, 0.3) is 0 Å². The van der Waals surface area contributed by atoms with Gasteiger partial charge in [0, 0.05) is 60.8 Å². The Bertz CT molecular complexity index is 1280. The van der Waals surface area contributed by atoms with E-state index in [2.05, 4.69) is 15.2 Å². The van der Waals surface area contributed by atoms with Gasteiger partial charge in [0.15, 0.2) is 0 Å². The fraction of sp³-hybridized carbons (Fsp3) is 0.444. The topological polar surface area (TPSA) is 77.6 Å². The number of carbonyl (C=O) groups is 1. The number of fused-ring (bicyclic) bond motifs is 1. The quantitative estimate of drug-likeness (QED) is 0.402. The lowest BCUT2D eigenvalue weighted by Crippen LogP contribution is -2.53. The highest BCUT2D eigenvalue weighted by Crippen LogP contribution is 2.60. The fourth-order valence-corrected chi connectivity index (χ4v) is 6.21. The Morgan fingerprint density at radius 2 is 2.06 bits per heavy atom. The molecule has 0 radical (unpaired) electrons. The van der Waals surface area contributed by atoms with E-state index in [-0.39, 0.29) is 29.9 Å². The van der Waals surface area contributed by atoms with E-state index in [9.17, 15) is 18.7 Å².